The first kappa shape index (κ1) is 13.7. The summed E-state index contributed by atoms with van der Waals surface area (Å²) in [5, 5.41) is 4.33. The standard InChI is InChI=1S/C13H17ClN2OS/c1-18-11-4-2-10(3-5-11)16-13(17)12-8-9(14)6-7-15-12/h6-8,10-11H,2-5H2,1H3,(H,16,17). The van der Waals surface area contributed by atoms with Gasteiger partial charge in [0.15, 0.2) is 0 Å². The van der Waals surface area contributed by atoms with Gasteiger partial charge in [0.2, 0.25) is 0 Å². The highest BCUT2D eigenvalue weighted by Gasteiger charge is 2.22. The number of pyridine rings is 1. The third kappa shape index (κ3) is 3.62. The first-order chi connectivity index (χ1) is 8.69. The van der Waals surface area contributed by atoms with Crippen LogP contribution in [-0.4, -0.2) is 28.4 Å². The molecular weight excluding hydrogens is 268 g/mol. The Labute approximate surface area is 117 Å². The van der Waals surface area contributed by atoms with Gasteiger partial charge in [-0.05, 0) is 44.1 Å². The summed E-state index contributed by atoms with van der Waals surface area (Å²) >= 11 is 7.77. The molecule has 0 spiro atoms. The van der Waals surface area contributed by atoms with Crippen LogP contribution in [0.1, 0.15) is 36.2 Å². The zero-order valence-corrected chi connectivity index (χ0v) is 11.9. The van der Waals surface area contributed by atoms with Gasteiger partial charge in [0.25, 0.3) is 5.91 Å². The molecule has 5 heteroatoms. The third-order valence-electron chi connectivity index (χ3n) is 3.30. The highest BCUT2D eigenvalue weighted by Crippen LogP contribution is 2.26. The molecule has 0 atom stereocenters. The first-order valence-electron chi connectivity index (χ1n) is 6.14. The second-order valence-electron chi connectivity index (χ2n) is 4.54. The molecule has 3 nitrogen and oxygen atoms in total. The fourth-order valence-corrected chi connectivity index (χ4v) is 3.13. The van der Waals surface area contributed by atoms with Crippen molar-refractivity contribution < 1.29 is 4.79 Å². The maximum Gasteiger partial charge on any atom is 0.270 e. The Hall–Kier alpha value is -0.740. The molecule has 0 unspecified atom stereocenters. The maximum absolute atomic E-state index is 12.0. The highest BCUT2D eigenvalue weighted by molar-refractivity contribution is 7.99. The molecule has 1 heterocycles. The lowest BCUT2D eigenvalue weighted by molar-refractivity contribution is 0.0923. The fraction of sp³-hybridized carbons (Fsp3) is 0.538. The van der Waals surface area contributed by atoms with Gasteiger partial charge in [-0.3, -0.25) is 9.78 Å². The number of thioether (sulfide) groups is 1. The van der Waals surface area contributed by atoms with Crippen LogP contribution in [0.15, 0.2) is 18.3 Å². The number of hydrogen-bond acceptors (Lipinski definition) is 3. The molecule has 98 valence electrons. The Morgan fingerprint density at radius 2 is 2.17 bits per heavy atom. The van der Waals surface area contributed by atoms with Crippen molar-refractivity contribution in [2.75, 3.05) is 6.26 Å². The molecule has 0 bridgehead atoms. The molecule has 2 rings (SSSR count). The van der Waals surface area contributed by atoms with Crippen LogP contribution >= 0.6 is 23.4 Å². The molecule has 0 radical (unpaired) electrons. The monoisotopic (exact) mass is 284 g/mol. The largest absolute Gasteiger partial charge is 0.348 e. The minimum atomic E-state index is -0.120. The zero-order valence-electron chi connectivity index (χ0n) is 10.4. The second kappa shape index (κ2) is 6.43. The molecule has 1 aliphatic rings. The van der Waals surface area contributed by atoms with Crippen molar-refractivity contribution in [3.63, 3.8) is 0 Å². The zero-order chi connectivity index (χ0) is 13.0. The van der Waals surface area contributed by atoms with Crippen molar-refractivity contribution in [3.05, 3.63) is 29.0 Å². The van der Waals surface area contributed by atoms with E-state index in [0.29, 0.717) is 10.7 Å². The van der Waals surface area contributed by atoms with E-state index in [-0.39, 0.29) is 11.9 Å². The van der Waals surface area contributed by atoms with Gasteiger partial charge >= 0.3 is 0 Å². The summed E-state index contributed by atoms with van der Waals surface area (Å²) in [5.74, 6) is -0.120. The molecule has 0 aromatic carbocycles. The summed E-state index contributed by atoms with van der Waals surface area (Å²) in [7, 11) is 0. The lowest BCUT2D eigenvalue weighted by Crippen LogP contribution is -2.38. The molecule has 1 aliphatic carbocycles. The van der Waals surface area contributed by atoms with Crippen molar-refractivity contribution >= 4 is 29.3 Å². The van der Waals surface area contributed by atoms with E-state index in [2.05, 4.69) is 16.6 Å². The Morgan fingerprint density at radius 1 is 1.44 bits per heavy atom. The SMILES string of the molecule is CSC1CCC(NC(=O)c2cc(Cl)ccn2)CC1. The van der Waals surface area contributed by atoms with E-state index in [1.165, 1.54) is 12.8 Å². The van der Waals surface area contributed by atoms with Gasteiger partial charge in [-0.1, -0.05) is 11.6 Å². The Balaban J connectivity index is 1.89. The molecule has 1 amide bonds. The van der Waals surface area contributed by atoms with Crippen LogP contribution in [0.2, 0.25) is 5.02 Å². The minimum absolute atomic E-state index is 0.120. The van der Waals surface area contributed by atoms with E-state index in [1.54, 1.807) is 18.3 Å². The summed E-state index contributed by atoms with van der Waals surface area (Å²) in [5.41, 5.74) is 0.398. The van der Waals surface area contributed by atoms with Crippen LogP contribution in [0, 0.1) is 0 Å². The Bertz CT molecular complexity index is 419. The predicted molar refractivity (Wildman–Crippen MR) is 76.3 cm³/mol. The van der Waals surface area contributed by atoms with E-state index in [0.717, 1.165) is 18.1 Å². The molecule has 1 saturated carbocycles. The lowest BCUT2D eigenvalue weighted by Gasteiger charge is -2.27. The predicted octanol–water partition coefficient (Wildman–Crippen LogP) is 3.14. The number of amides is 1. The summed E-state index contributed by atoms with van der Waals surface area (Å²) in [6.45, 7) is 0. The van der Waals surface area contributed by atoms with Crippen LogP contribution in [-0.2, 0) is 0 Å². The van der Waals surface area contributed by atoms with Crippen molar-refractivity contribution in [1.82, 2.24) is 10.3 Å². The van der Waals surface area contributed by atoms with Crippen molar-refractivity contribution in [2.24, 2.45) is 0 Å². The van der Waals surface area contributed by atoms with E-state index >= 15 is 0 Å². The van der Waals surface area contributed by atoms with Gasteiger partial charge in [-0.15, -0.1) is 0 Å². The number of nitrogens with zero attached hydrogens (tertiary/aromatic N) is 1. The average molecular weight is 285 g/mol. The van der Waals surface area contributed by atoms with Crippen LogP contribution in [0.5, 0.6) is 0 Å². The molecule has 1 fully saturated rings. The van der Waals surface area contributed by atoms with Gasteiger partial charge in [-0.2, -0.15) is 11.8 Å². The van der Waals surface area contributed by atoms with Crippen LogP contribution in [0.4, 0.5) is 0 Å². The molecule has 18 heavy (non-hydrogen) atoms. The van der Waals surface area contributed by atoms with Crippen molar-refractivity contribution in [3.8, 4) is 0 Å². The van der Waals surface area contributed by atoms with E-state index < -0.39 is 0 Å². The normalized spacial score (nSPS) is 23.7. The minimum Gasteiger partial charge on any atom is -0.348 e. The molecular formula is C13H17ClN2OS. The number of halogens is 1. The van der Waals surface area contributed by atoms with Gasteiger partial charge in [0, 0.05) is 22.5 Å². The molecule has 0 aliphatic heterocycles. The Kier molecular flexibility index (Phi) is 4.89. The fourth-order valence-electron chi connectivity index (χ4n) is 2.23. The molecule has 1 N–H and O–H groups in total. The maximum atomic E-state index is 12.0. The molecule has 1 aromatic heterocycles. The Morgan fingerprint density at radius 3 is 2.78 bits per heavy atom. The van der Waals surface area contributed by atoms with Crippen LogP contribution < -0.4 is 5.32 Å². The summed E-state index contributed by atoms with van der Waals surface area (Å²) in [6, 6.07) is 3.55. The topological polar surface area (TPSA) is 42.0 Å². The van der Waals surface area contributed by atoms with Crippen LogP contribution in [0.3, 0.4) is 0 Å². The quantitative estimate of drug-likeness (QED) is 0.927. The summed E-state index contributed by atoms with van der Waals surface area (Å²) in [4.78, 5) is 16.0. The van der Waals surface area contributed by atoms with E-state index in [1.807, 2.05) is 11.8 Å². The van der Waals surface area contributed by atoms with Gasteiger partial charge < -0.3 is 5.32 Å². The number of carbonyl (C=O) groups excluding carboxylic acids is 1. The number of hydrogen-bond donors (Lipinski definition) is 1. The van der Waals surface area contributed by atoms with Gasteiger partial charge in [-0.25, -0.2) is 0 Å². The van der Waals surface area contributed by atoms with Gasteiger partial charge in [0.05, 0.1) is 0 Å². The highest BCUT2D eigenvalue weighted by atomic mass is 35.5. The van der Waals surface area contributed by atoms with Crippen LogP contribution in [0.25, 0.3) is 0 Å². The smallest absolute Gasteiger partial charge is 0.270 e. The lowest BCUT2D eigenvalue weighted by atomic mass is 9.95. The van der Waals surface area contributed by atoms with E-state index in [4.69, 9.17) is 11.6 Å². The second-order valence-corrected chi connectivity index (χ2v) is 6.12. The van der Waals surface area contributed by atoms with Crippen molar-refractivity contribution in [1.29, 1.82) is 0 Å². The number of carbonyl (C=O) groups is 1. The summed E-state index contributed by atoms with van der Waals surface area (Å²) in [6.07, 6.45) is 8.17. The number of aromatic nitrogens is 1. The summed E-state index contributed by atoms with van der Waals surface area (Å²) < 4.78 is 0. The van der Waals surface area contributed by atoms with Gasteiger partial charge in [0.1, 0.15) is 5.69 Å². The first-order valence-corrected chi connectivity index (χ1v) is 7.81. The molecule has 0 saturated heterocycles. The average Bonchev–Trinajstić information content (AvgIpc) is 2.39. The van der Waals surface area contributed by atoms with E-state index in [9.17, 15) is 4.79 Å². The number of rotatable bonds is 3. The number of nitrogens with one attached hydrogen (secondary N) is 1. The van der Waals surface area contributed by atoms with Crippen molar-refractivity contribution in [2.45, 2.75) is 37.0 Å². The third-order valence-corrected chi connectivity index (χ3v) is 4.67. The molecule has 1 aromatic rings.